The molecule has 0 saturated heterocycles. The van der Waals surface area contributed by atoms with E-state index in [1.54, 1.807) is 20.8 Å². The van der Waals surface area contributed by atoms with E-state index in [0.29, 0.717) is 11.3 Å². The van der Waals surface area contributed by atoms with Crippen LogP contribution < -0.4 is 5.43 Å². The molecule has 0 saturated carbocycles. The number of nitrogens with zero attached hydrogens (tertiary/aromatic N) is 1. The average Bonchev–Trinajstić information content (AvgIpc) is 2.28. The molecule has 0 aliphatic rings. The third kappa shape index (κ3) is 3.48. The molecule has 1 amide bonds. The summed E-state index contributed by atoms with van der Waals surface area (Å²) in [4.78, 5) is 11.3. The third-order valence-corrected chi connectivity index (χ3v) is 2.23. The third-order valence-electron chi connectivity index (χ3n) is 2.23. The molecule has 3 N–H and O–H groups in total. The van der Waals surface area contributed by atoms with Crippen molar-refractivity contribution in [3.8, 4) is 11.5 Å². The number of phenolic OH excluding ortho intramolecular Hbond substituents is 2. The lowest BCUT2D eigenvalue weighted by Crippen LogP contribution is -2.24. The second kappa shape index (κ2) is 5.34. The van der Waals surface area contributed by atoms with Gasteiger partial charge < -0.3 is 10.2 Å². The molecule has 0 atom stereocenters. The fourth-order valence-corrected chi connectivity index (χ4v) is 1.14. The van der Waals surface area contributed by atoms with Gasteiger partial charge in [0.1, 0.15) is 11.5 Å². The Morgan fingerprint density at radius 3 is 2.59 bits per heavy atom. The second-order valence-corrected chi connectivity index (χ2v) is 4.03. The number of hydrazone groups is 1. The summed E-state index contributed by atoms with van der Waals surface area (Å²) in [7, 11) is 0. The first-order valence-electron chi connectivity index (χ1n) is 5.28. The summed E-state index contributed by atoms with van der Waals surface area (Å²) in [5, 5.41) is 22.7. The summed E-state index contributed by atoms with van der Waals surface area (Å²) >= 11 is 0. The molecule has 1 aromatic carbocycles. The van der Waals surface area contributed by atoms with E-state index < -0.39 is 0 Å². The number of benzene rings is 1. The van der Waals surface area contributed by atoms with Gasteiger partial charge in [-0.3, -0.25) is 4.79 Å². The number of nitrogens with one attached hydrogen (secondary N) is 1. The summed E-state index contributed by atoms with van der Waals surface area (Å²) in [6.45, 7) is 5.15. The van der Waals surface area contributed by atoms with E-state index in [-0.39, 0.29) is 23.3 Å². The highest BCUT2D eigenvalue weighted by atomic mass is 16.3. The van der Waals surface area contributed by atoms with Crippen molar-refractivity contribution in [2.24, 2.45) is 11.0 Å². The topological polar surface area (TPSA) is 81.9 Å². The highest BCUT2D eigenvalue weighted by molar-refractivity contribution is 6.01. The molecule has 0 fully saturated rings. The lowest BCUT2D eigenvalue weighted by atomic mass is 10.1. The minimum atomic E-state index is -0.205. The second-order valence-electron chi connectivity index (χ2n) is 4.03. The Labute approximate surface area is 99.8 Å². The van der Waals surface area contributed by atoms with Gasteiger partial charge in [-0.1, -0.05) is 13.8 Å². The molecule has 1 rings (SSSR count). The summed E-state index contributed by atoms with van der Waals surface area (Å²) in [5.74, 6) is -0.335. The minimum absolute atomic E-state index is 0.00264. The highest BCUT2D eigenvalue weighted by Crippen LogP contribution is 2.22. The molecule has 1 aromatic rings. The Morgan fingerprint density at radius 1 is 1.35 bits per heavy atom. The zero-order chi connectivity index (χ0) is 13.0. The van der Waals surface area contributed by atoms with Crippen LogP contribution in [0.2, 0.25) is 0 Å². The van der Waals surface area contributed by atoms with Gasteiger partial charge in [-0.05, 0) is 25.1 Å². The van der Waals surface area contributed by atoms with Crippen molar-refractivity contribution in [2.75, 3.05) is 0 Å². The van der Waals surface area contributed by atoms with Gasteiger partial charge >= 0.3 is 0 Å². The molecule has 17 heavy (non-hydrogen) atoms. The number of carbonyl (C=O) groups excluding carboxylic acids is 1. The molecule has 92 valence electrons. The van der Waals surface area contributed by atoms with Crippen molar-refractivity contribution in [3.63, 3.8) is 0 Å². The summed E-state index contributed by atoms with van der Waals surface area (Å²) < 4.78 is 0. The maximum absolute atomic E-state index is 11.3. The fraction of sp³-hybridized carbons (Fsp3) is 0.333. The first-order chi connectivity index (χ1) is 7.91. The Morgan fingerprint density at radius 2 is 2.00 bits per heavy atom. The molecule has 0 unspecified atom stereocenters. The molecule has 0 aromatic heterocycles. The van der Waals surface area contributed by atoms with Gasteiger partial charge in [0.2, 0.25) is 5.91 Å². The van der Waals surface area contributed by atoms with E-state index in [2.05, 4.69) is 10.5 Å². The van der Waals surface area contributed by atoms with E-state index >= 15 is 0 Å². The van der Waals surface area contributed by atoms with Crippen LogP contribution in [0.1, 0.15) is 26.3 Å². The van der Waals surface area contributed by atoms with Crippen molar-refractivity contribution in [2.45, 2.75) is 20.8 Å². The van der Waals surface area contributed by atoms with Crippen LogP contribution in [0.5, 0.6) is 11.5 Å². The van der Waals surface area contributed by atoms with Gasteiger partial charge in [-0.15, -0.1) is 0 Å². The van der Waals surface area contributed by atoms with Crippen molar-refractivity contribution >= 4 is 11.6 Å². The standard InChI is InChI=1S/C12H16N2O3/c1-7(2)12(17)14-13-8(3)10-6-9(15)4-5-11(10)16/h4-7,15-16H,1-3H3,(H,14,17)/b13-8-. The molecule has 0 spiro atoms. The molecular formula is C12H16N2O3. The van der Waals surface area contributed by atoms with Crippen LogP contribution in [0.15, 0.2) is 23.3 Å². The van der Waals surface area contributed by atoms with Crippen molar-refractivity contribution in [1.82, 2.24) is 5.43 Å². The summed E-state index contributed by atoms with van der Waals surface area (Å²) in [5.41, 5.74) is 3.19. The fourth-order valence-electron chi connectivity index (χ4n) is 1.14. The maximum Gasteiger partial charge on any atom is 0.242 e. The van der Waals surface area contributed by atoms with Crippen LogP contribution in [0, 0.1) is 5.92 Å². The number of rotatable bonds is 3. The van der Waals surface area contributed by atoms with Crippen LogP contribution in [0.4, 0.5) is 0 Å². The number of hydrogen-bond donors (Lipinski definition) is 3. The Hall–Kier alpha value is -2.04. The molecule has 0 aliphatic carbocycles. The van der Waals surface area contributed by atoms with Gasteiger partial charge in [-0.2, -0.15) is 5.10 Å². The SMILES string of the molecule is C/C(=N/NC(=O)C(C)C)c1cc(O)ccc1O. The van der Waals surface area contributed by atoms with E-state index in [0.717, 1.165) is 0 Å². The first kappa shape index (κ1) is 13.0. The number of phenols is 2. The lowest BCUT2D eigenvalue weighted by molar-refractivity contribution is -0.123. The van der Waals surface area contributed by atoms with Crippen LogP contribution in [-0.4, -0.2) is 21.8 Å². The Balaban J connectivity index is 2.88. The smallest absolute Gasteiger partial charge is 0.242 e. The van der Waals surface area contributed by atoms with Crippen molar-refractivity contribution < 1.29 is 15.0 Å². The van der Waals surface area contributed by atoms with Crippen LogP contribution >= 0.6 is 0 Å². The zero-order valence-corrected chi connectivity index (χ0v) is 10.1. The highest BCUT2D eigenvalue weighted by Gasteiger charge is 2.08. The Kier molecular flexibility index (Phi) is 4.09. The maximum atomic E-state index is 11.3. The monoisotopic (exact) mass is 236 g/mol. The molecular weight excluding hydrogens is 220 g/mol. The van der Waals surface area contributed by atoms with E-state index in [1.165, 1.54) is 18.2 Å². The number of carbonyl (C=O) groups is 1. The van der Waals surface area contributed by atoms with Crippen molar-refractivity contribution in [3.05, 3.63) is 23.8 Å². The normalized spacial score (nSPS) is 11.6. The predicted molar refractivity (Wildman–Crippen MR) is 65.0 cm³/mol. The number of amides is 1. The summed E-state index contributed by atoms with van der Waals surface area (Å²) in [6, 6.07) is 4.13. The molecule has 5 heteroatoms. The molecule has 0 aliphatic heterocycles. The lowest BCUT2D eigenvalue weighted by Gasteiger charge is -2.06. The first-order valence-corrected chi connectivity index (χ1v) is 5.28. The number of aromatic hydroxyl groups is 2. The van der Waals surface area contributed by atoms with Crippen LogP contribution in [0.25, 0.3) is 0 Å². The number of hydrogen-bond acceptors (Lipinski definition) is 4. The predicted octanol–water partition coefficient (Wildman–Crippen LogP) is 1.59. The zero-order valence-electron chi connectivity index (χ0n) is 10.1. The van der Waals surface area contributed by atoms with Gasteiger partial charge in [0, 0.05) is 11.5 Å². The molecule has 0 heterocycles. The molecule has 0 bridgehead atoms. The molecule has 0 radical (unpaired) electrons. The minimum Gasteiger partial charge on any atom is -0.508 e. The van der Waals surface area contributed by atoms with Gasteiger partial charge in [0.05, 0.1) is 5.71 Å². The quantitative estimate of drug-likeness (QED) is 0.423. The van der Waals surface area contributed by atoms with Crippen LogP contribution in [0.3, 0.4) is 0 Å². The van der Waals surface area contributed by atoms with E-state index in [4.69, 9.17) is 0 Å². The van der Waals surface area contributed by atoms with Crippen LogP contribution in [-0.2, 0) is 4.79 Å². The van der Waals surface area contributed by atoms with Crippen molar-refractivity contribution in [1.29, 1.82) is 0 Å². The summed E-state index contributed by atoms with van der Waals surface area (Å²) in [6.07, 6.45) is 0. The van der Waals surface area contributed by atoms with E-state index in [1.807, 2.05) is 0 Å². The van der Waals surface area contributed by atoms with E-state index in [9.17, 15) is 15.0 Å². The van der Waals surface area contributed by atoms with Gasteiger partial charge in [-0.25, -0.2) is 5.43 Å². The Bertz CT molecular complexity index is 453. The molecule has 5 nitrogen and oxygen atoms in total. The van der Waals surface area contributed by atoms with Gasteiger partial charge in [0.15, 0.2) is 0 Å². The van der Waals surface area contributed by atoms with Gasteiger partial charge in [0.25, 0.3) is 0 Å². The largest absolute Gasteiger partial charge is 0.508 e. The average molecular weight is 236 g/mol.